The molecule has 1 atom stereocenters. The lowest BCUT2D eigenvalue weighted by atomic mass is 10.0. The molecule has 1 rings (SSSR count). The number of piperazine rings is 1. The second kappa shape index (κ2) is 5.96. The summed E-state index contributed by atoms with van der Waals surface area (Å²) in [7, 11) is 0. The number of hydrogen-bond acceptors (Lipinski definition) is 4. The summed E-state index contributed by atoms with van der Waals surface area (Å²) < 4.78 is 0. The number of nitrogens with two attached hydrogens (primary N) is 1. The number of aliphatic hydroxyl groups excluding tert-OH is 1. The molecule has 0 aromatic heterocycles. The minimum atomic E-state index is -0.421. The van der Waals surface area contributed by atoms with Gasteiger partial charge in [0.1, 0.15) is 0 Å². The van der Waals surface area contributed by atoms with Gasteiger partial charge in [-0.1, -0.05) is 0 Å². The van der Waals surface area contributed by atoms with Gasteiger partial charge in [-0.05, 0) is 27.2 Å². The Morgan fingerprint density at radius 2 is 1.81 bits per heavy atom. The maximum Gasteiger partial charge on any atom is 0.0608 e. The van der Waals surface area contributed by atoms with E-state index < -0.39 is 5.54 Å². The third kappa shape index (κ3) is 4.37. The average molecular weight is 229 g/mol. The van der Waals surface area contributed by atoms with Crippen LogP contribution in [-0.2, 0) is 0 Å². The van der Waals surface area contributed by atoms with Crippen molar-refractivity contribution in [3.63, 3.8) is 0 Å². The van der Waals surface area contributed by atoms with E-state index in [1.807, 2.05) is 6.92 Å². The van der Waals surface area contributed by atoms with Gasteiger partial charge in [-0.15, -0.1) is 0 Å². The van der Waals surface area contributed by atoms with Gasteiger partial charge in [0.25, 0.3) is 0 Å². The van der Waals surface area contributed by atoms with E-state index in [9.17, 15) is 0 Å². The molecule has 0 saturated carbocycles. The quantitative estimate of drug-likeness (QED) is 0.703. The van der Waals surface area contributed by atoms with Crippen molar-refractivity contribution >= 4 is 0 Å². The first kappa shape index (κ1) is 13.9. The average Bonchev–Trinajstić information content (AvgIpc) is 2.27. The molecule has 1 fully saturated rings. The number of nitrogens with zero attached hydrogens (tertiary/aromatic N) is 2. The highest BCUT2D eigenvalue weighted by atomic mass is 16.3. The molecule has 1 saturated heterocycles. The van der Waals surface area contributed by atoms with Crippen molar-refractivity contribution in [2.24, 2.45) is 5.73 Å². The van der Waals surface area contributed by atoms with Crippen LogP contribution >= 0.6 is 0 Å². The lowest BCUT2D eigenvalue weighted by molar-refractivity contribution is 0.0972. The lowest BCUT2D eigenvalue weighted by Crippen LogP contribution is -2.51. The predicted octanol–water partition coefficient (Wildman–Crippen LogP) is 0.112. The molecule has 4 nitrogen and oxygen atoms in total. The van der Waals surface area contributed by atoms with Crippen molar-refractivity contribution in [1.82, 2.24) is 9.80 Å². The standard InChI is InChI=1S/C12H27N3O/c1-11(2)15-8-6-14(7-9-15)5-4-12(3,13)10-16/h11,16H,4-10,13H2,1-3H3. The molecule has 4 heteroatoms. The third-order valence-electron chi connectivity index (χ3n) is 3.50. The normalized spacial score (nSPS) is 23.6. The molecule has 0 aromatic rings. The number of rotatable bonds is 5. The Morgan fingerprint density at radius 1 is 1.25 bits per heavy atom. The molecule has 0 aliphatic carbocycles. The Bertz CT molecular complexity index is 198. The van der Waals surface area contributed by atoms with E-state index >= 15 is 0 Å². The molecule has 1 unspecified atom stereocenters. The van der Waals surface area contributed by atoms with Crippen LogP contribution in [0.4, 0.5) is 0 Å². The highest BCUT2D eigenvalue weighted by Crippen LogP contribution is 2.10. The summed E-state index contributed by atoms with van der Waals surface area (Å²) in [5, 5.41) is 9.09. The van der Waals surface area contributed by atoms with Crippen LogP contribution in [0.5, 0.6) is 0 Å². The first-order chi connectivity index (χ1) is 7.44. The first-order valence-electron chi connectivity index (χ1n) is 6.31. The van der Waals surface area contributed by atoms with E-state index in [-0.39, 0.29) is 6.61 Å². The minimum Gasteiger partial charge on any atom is -0.394 e. The Labute approximate surface area is 99.4 Å². The molecule has 0 radical (unpaired) electrons. The zero-order chi connectivity index (χ0) is 12.2. The summed E-state index contributed by atoms with van der Waals surface area (Å²) in [6, 6.07) is 0.652. The van der Waals surface area contributed by atoms with E-state index in [1.54, 1.807) is 0 Å². The molecule has 96 valence electrons. The van der Waals surface area contributed by atoms with Gasteiger partial charge < -0.3 is 15.7 Å². The third-order valence-corrected chi connectivity index (χ3v) is 3.50. The summed E-state index contributed by atoms with van der Waals surface area (Å²) in [5.74, 6) is 0. The van der Waals surface area contributed by atoms with Gasteiger partial charge in [0.05, 0.1) is 6.61 Å². The van der Waals surface area contributed by atoms with Gasteiger partial charge in [-0.3, -0.25) is 4.90 Å². The fraction of sp³-hybridized carbons (Fsp3) is 1.00. The van der Waals surface area contributed by atoms with Gasteiger partial charge in [-0.2, -0.15) is 0 Å². The molecule has 0 amide bonds. The highest BCUT2D eigenvalue weighted by Gasteiger charge is 2.22. The summed E-state index contributed by atoms with van der Waals surface area (Å²) in [6.45, 7) is 12.0. The van der Waals surface area contributed by atoms with Gasteiger partial charge in [0.15, 0.2) is 0 Å². The van der Waals surface area contributed by atoms with Crippen LogP contribution < -0.4 is 5.73 Å². The molecule has 16 heavy (non-hydrogen) atoms. The zero-order valence-electron chi connectivity index (χ0n) is 10.9. The molecular weight excluding hydrogens is 202 g/mol. The van der Waals surface area contributed by atoms with Crippen LogP contribution in [0, 0.1) is 0 Å². The zero-order valence-corrected chi connectivity index (χ0v) is 10.9. The fourth-order valence-electron chi connectivity index (χ4n) is 2.00. The van der Waals surface area contributed by atoms with Crippen molar-refractivity contribution in [3.05, 3.63) is 0 Å². The van der Waals surface area contributed by atoms with Crippen LogP contribution in [0.1, 0.15) is 27.2 Å². The maximum atomic E-state index is 9.09. The van der Waals surface area contributed by atoms with Crippen molar-refractivity contribution < 1.29 is 5.11 Å². The fourth-order valence-corrected chi connectivity index (χ4v) is 2.00. The van der Waals surface area contributed by atoms with Crippen molar-refractivity contribution in [3.8, 4) is 0 Å². The second-order valence-corrected chi connectivity index (χ2v) is 5.53. The largest absolute Gasteiger partial charge is 0.394 e. The Kier molecular flexibility index (Phi) is 5.18. The monoisotopic (exact) mass is 229 g/mol. The molecular formula is C12H27N3O. The first-order valence-corrected chi connectivity index (χ1v) is 6.31. The predicted molar refractivity (Wildman–Crippen MR) is 67.4 cm³/mol. The Balaban J connectivity index is 2.22. The highest BCUT2D eigenvalue weighted by molar-refractivity contribution is 4.81. The minimum absolute atomic E-state index is 0.0684. The van der Waals surface area contributed by atoms with Crippen LogP contribution in [0.15, 0.2) is 0 Å². The summed E-state index contributed by atoms with van der Waals surface area (Å²) in [6.07, 6.45) is 0.866. The van der Waals surface area contributed by atoms with Gasteiger partial charge in [-0.25, -0.2) is 0 Å². The van der Waals surface area contributed by atoms with E-state index in [1.165, 1.54) is 0 Å². The Hall–Kier alpha value is -0.160. The van der Waals surface area contributed by atoms with E-state index in [4.69, 9.17) is 10.8 Å². The summed E-state index contributed by atoms with van der Waals surface area (Å²) in [5.41, 5.74) is 5.50. The van der Waals surface area contributed by atoms with Crippen LogP contribution in [0.3, 0.4) is 0 Å². The number of aliphatic hydroxyl groups is 1. The molecule has 0 spiro atoms. The summed E-state index contributed by atoms with van der Waals surface area (Å²) in [4.78, 5) is 4.95. The Morgan fingerprint density at radius 3 is 2.25 bits per heavy atom. The van der Waals surface area contributed by atoms with Crippen LogP contribution in [-0.4, -0.2) is 65.8 Å². The van der Waals surface area contributed by atoms with Crippen LogP contribution in [0.25, 0.3) is 0 Å². The van der Waals surface area contributed by atoms with Crippen molar-refractivity contribution in [2.75, 3.05) is 39.3 Å². The molecule has 1 heterocycles. The van der Waals surface area contributed by atoms with Gasteiger partial charge in [0.2, 0.25) is 0 Å². The molecule has 0 bridgehead atoms. The molecule has 0 aromatic carbocycles. The van der Waals surface area contributed by atoms with Crippen LogP contribution in [0.2, 0.25) is 0 Å². The van der Waals surface area contributed by atoms with Gasteiger partial charge in [0, 0.05) is 44.3 Å². The molecule has 1 aliphatic heterocycles. The topological polar surface area (TPSA) is 52.7 Å². The van der Waals surface area contributed by atoms with E-state index in [0.29, 0.717) is 6.04 Å². The molecule has 1 aliphatic rings. The van der Waals surface area contributed by atoms with E-state index in [0.717, 1.165) is 39.1 Å². The SMILES string of the molecule is CC(C)N1CCN(CCC(C)(N)CO)CC1. The number of hydrogen-bond donors (Lipinski definition) is 2. The van der Waals surface area contributed by atoms with Crippen molar-refractivity contribution in [1.29, 1.82) is 0 Å². The lowest BCUT2D eigenvalue weighted by Gasteiger charge is -2.38. The van der Waals surface area contributed by atoms with Gasteiger partial charge >= 0.3 is 0 Å². The molecule has 3 N–H and O–H groups in total. The second-order valence-electron chi connectivity index (χ2n) is 5.53. The van der Waals surface area contributed by atoms with E-state index in [2.05, 4.69) is 23.6 Å². The maximum absolute atomic E-state index is 9.09. The van der Waals surface area contributed by atoms with Crippen molar-refractivity contribution in [2.45, 2.75) is 38.8 Å². The summed E-state index contributed by atoms with van der Waals surface area (Å²) >= 11 is 0. The smallest absolute Gasteiger partial charge is 0.0608 e.